The monoisotopic (exact) mass is 309 g/mol. The number of H-pyrrole nitrogens is 1. The van der Waals surface area contributed by atoms with Gasteiger partial charge in [-0.05, 0) is 30.5 Å². The van der Waals surface area contributed by atoms with Crippen molar-refractivity contribution in [3.8, 4) is 0 Å². The van der Waals surface area contributed by atoms with E-state index < -0.39 is 13.9 Å². The first-order chi connectivity index (χ1) is 7.86. The summed E-state index contributed by atoms with van der Waals surface area (Å²) in [5.41, 5.74) is 2.97. The molecule has 2 aromatic rings. The van der Waals surface area contributed by atoms with E-state index in [9.17, 15) is 4.21 Å². The van der Waals surface area contributed by atoms with Crippen molar-refractivity contribution >= 4 is 56.5 Å². The van der Waals surface area contributed by atoms with Crippen molar-refractivity contribution in [2.45, 2.75) is 15.8 Å². The number of alkyl halides is 3. The van der Waals surface area contributed by atoms with Crippen LogP contribution in [0.4, 0.5) is 0 Å². The minimum atomic E-state index is -1.74. The van der Waals surface area contributed by atoms with Crippen LogP contribution in [0.3, 0.4) is 0 Å². The van der Waals surface area contributed by atoms with Crippen molar-refractivity contribution in [3.63, 3.8) is 0 Å². The van der Waals surface area contributed by atoms with Gasteiger partial charge in [0.2, 0.25) is 0 Å². The summed E-state index contributed by atoms with van der Waals surface area (Å²) in [4.78, 5) is 3.16. The van der Waals surface area contributed by atoms with Gasteiger partial charge >= 0.3 is 0 Å². The molecule has 92 valence electrons. The third kappa shape index (κ3) is 3.16. The Morgan fingerprint density at radius 2 is 2.00 bits per heavy atom. The molecule has 1 aromatic heterocycles. The topological polar surface area (TPSA) is 32.9 Å². The first-order valence-corrected chi connectivity index (χ1v) is 7.35. The summed E-state index contributed by atoms with van der Waals surface area (Å²) in [6.07, 6.45) is 0. The maximum Gasteiger partial charge on any atom is 0.266 e. The number of aromatic amines is 1. The third-order valence-electron chi connectivity index (χ3n) is 2.38. The number of halogens is 3. The zero-order valence-electron chi connectivity index (χ0n) is 8.97. The van der Waals surface area contributed by atoms with Crippen molar-refractivity contribution in [3.05, 3.63) is 35.5 Å². The number of fused-ring (bicyclic) bond motifs is 1. The molecule has 0 aliphatic rings. The van der Waals surface area contributed by atoms with Gasteiger partial charge in [-0.25, -0.2) is 0 Å². The van der Waals surface area contributed by atoms with Gasteiger partial charge in [-0.3, -0.25) is 4.21 Å². The van der Waals surface area contributed by atoms with Gasteiger partial charge in [0.15, 0.2) is 0 Å². The van der Waals surface area contributed by atoms with Crippen molar-refractivity contribution in [1.82, 2.24) is 4.98 Å². The van der Waals surface area contributed by atoms with Gasteiger partial charge in [0.25, 0.3) is 3.12 Å². The number of hydrogen-bond donors (Lipinski definition) is 1. The number of benzene rings is 1. The Bertz CT molecular complexity index is 574. The van der Waals surface area contributed by atoms with E-state index in [-0.39, 0.29) is 5.75 Å². The average molecular weight is 311 g/mol. The van der Waals surface area contributed by atoms with Crippen LogP contribution in [-0.2, 0) is 16.6 Å². The number of aromatic nitrogens is 1. The summed E-state index contributed by atoms with van der Waals surface area (Å²) in [5.74, 6) is 0.199. The Hall–Kier alpha value is -0.220. The summed E-state index contributed by atoms with van der Waals surface area (Å²) in [6, 6.07) is 7.96. The molecule has 17 heavy (non-hydrogen) atoms. The van der Waals surface area contributed by atoms with Gasteiger partial charge in [0.05, 0.1) is 16.6 Å². The largest absolute Gasteiger partial charge is 0.358 e. The van der Waals surface area contributed by atoms with E-state index in [0.29, 0.717) is 0 Å². The Balaban J connectivity index is 2.29. The summed E-state index contributed by atoms with van der Waals surface area (Å²) in [6.45, 7) is 2.02. The van der Waals surface area contributed by atoms with Crippen molar-refractivity contribution < 1.29 is 4.21 Å². The molecule has 6 heteroatoms. The van der Waals surface area contributed by atoms with Crippen LogP contribution in [0.25, 0.3) is 10.9 Å². The van der Waals surface area contributed by atoms with E-state index in [1.807, 2.05) is 31.2 Å². The molecule has 0 spiro atoms. The molecule has 1 heterocycles. The fourth-order valence-electron chi connectivity index (χ4n) is 1.61. The molecule has 0 saturated heterocycles. The second-order valence-electron chi connectivity index (χ2n) is 3.82. The predicted molar refractivity (Wildman–Crippen MR) is 75.2 cm³/mol. The SMILES string of the molecule is Cc1ccc2[nH]c(CS(=O)C(Cl)(Cl)Cl)cc2c1. The lowest BCUT2D eigenvalue weighted by molar-refractivity contribution is 0.682. The summed E-state index contributed by atoms with van der Waals surface area (Å²) < 4.78 is 9.93. The van der Waals surface area contributed by atoms with Crippen LogP contribution in [0.2, 0.25) is 0 Å². The van der Waals surface area contributed by atoms with Gasteiger partial charge in [-0.2, -0.15) is 0 Å². The molecule has 0 amide bonds. The lowest BCUT2D eigenvalue weighted by Crippen LogP contribution is -2.13. The van der Waals surface area contributed by atoms with Gasteiger partial charge in [0.1, 0.15) is 0 Å². The molecule has 0 aliphatic heterocycles. The molecular formula is C11H10Cl3NOS. The van der Waals surface area contributed by atoms with E-state index in [4.69, 9.17) is 34.8 Å². The van der Waals surface area contributed by atoms with Gasteiger partial charge < -0.3 is 4.98 Å². The highest BCUT2D eigenvalue weighted by atomic mass is 35.6. The zero-order valence-corrected chi connectivity index (χ0v) is 12.1. The molecule has 0 radical (unpaired) electrons. The van der Waals surface area contributed by atoms with Crippen molar-refractivity contribution in [1.29, 1.82) is 0 Å². The maximum absolute atomic E-state index is 11.7. The smallest absolute Gasteiger partial charge is 0.266 e. The Morgan fingerprint density at radius 1 is 1.29 bits per heavy atom. The van der Waals surface area contributed by atoms with E-state index in [1.165, 1.54) is 5.56 Å². The number of nitrogens with one attached hydrogen (secondary N) is 1. The molecule has 1 aromatic carbocycles. The molecule has 0 fully saturated rings. The van der Waals surface area contributed by atoms with Gasteiger partial charge in [-0.15, -0.1) is 0 Å². The molecule has 0 aliphatic carbocycles. The van der Waals surface area contributed by atoms with E-state index in [1.54, 1.807) is 0 Å². The highest BCUT2D eigenvalue weighted by molar-refractivity contribution is 7.90. The Kier molecular flexibility index (Phi) is 3.74. The average Bonchev–Trinajstić information content (AvgIpc) is 2.57. The van der Waals surface area contributed by atoms with E-state index in [2.05, 4.69) is 4.98 Å². The molecular weight excluding hydrogens is 301 g/mol. The molecule has 1 N–H and O–H groups in total. The summed E-state index contributed by atoms with van der Waals surface area (Å²) in [7, 11) is -1.56. The molecule has 2 rings (SSSR count). The normalized spacial score (nSPS) is 14.1. The second kappa shape index (κ2) is 4.81. The first-order valence-electron chi connectivity index (χ1n) is 4.90. The number of aryl methyl sites for hydroxylation is 1. The Labute approximate surface area is 117 Å². The second-order valence-corrected chi connectivity index (χ2v) is 8.37. The standard InChI is InChI=1S/C11H10Cl3NOS/c1-7-2-3-10-8(4-7)5-9(15-10)6-17(16)11(12,13)14/h2-5,15H,6H2,1H3. The quantitative estimate of drug-likeness (QED) is 0.834. The van der Waals surface area contributed by atoms with Crippen LogP contribution >= 0.6 is 34.8 Å². The minimum Gasteiger partial charge on any atom is -0.358 e. The molecule has 1 atom stereocenters. The lowest BCUT2D eigenvalue weighted by atomic mass is 10.2. The highest BCUT2D eigenvalue weighted by Crippen LogP contribution is 2.32. The van der Waals surface area contributed by atoms with Crippen LogP contribution in [0.5, 0.6) is 0 Å². The van der Waals surface area contributed by atoms with Crippen molar-refractivity contribution in [2.24, 2.45) is 0 Å². The van der Waals surface area contributed by atoms with Crippen molar-refractivity contribution in [2.75, 3.05) is 0 Å². The van der Waals surface area contributed by atoms with Crippen LogP contribution in [0, 0.1) is 6.92 Å². The molecule has 1 unspecified atom stereocenters. The fraction of sp³-hybridized carbons (Fsp3) is 0.273. The summed E-state index contributed by atoms with van der Waals surface area (Å²) in [5, 5.41) is 1.07. The number of rotatable bonds is 2. The van der Waals surface area contributed by atoms with E-state index in [0.717, 1.165) is 16.6 Å². The summed E-state index contributed by atoms with van der Waals surface area (Å²) >= 11 is 16.7. The lowest BCUT2D eigenvalue weighted by Gasteiger charge is -2.08. The highest BCUT2D eigenvalue weighted by Gasteiger charge is 2.28. The van der Waals surface area contributed by atoms with Crippen LogP contribution in [-0.4, -0.2) is 12.3 Å². The van der Waals surface area contributed by atoms with Crippen LogP contribution < -0.4 is 0 Å². The zero-order chi connectivity index (χ0) is 12.6. The molecule has 0 bridgehead atoms. The fourth-order valence-corrected chi connectivity index (χ4v) is 2.71. The van der Waals surface area contributed by atoms with Crippen LogP contribution in [0.15, 0.2) is 24.3 Å². The van der Waals surface area contributed by atoms with E-state index >= 15 is 0 Å². The van der Waals surface area contributed by atoms with Crippen LogP contribution in [0.1, 0.15) is 11.3 Å². The predicted octanol–water partition coefficient (Wildman–Crippen LogP) is 4.05. The number of hydrogen-bond acceptors (Lipinski definition) is 1. The maximum atomic E-state index is 11.7. The first kappa shape index (κ1) is 13.2. The Morgan fingerprint density at radius 3 is 2.65 bits per heavy atom. The van der Waals surface area contributed by atoms with Gasteiger partial charge in [0, 0.05) is 11.2 Å². The third-order valence-corrected chi connectivity index (χ3v) is 5.02. The molecule has 2 nitrogen and oxygen atoms in total. The minimum absolute atomic E-state index is 0.199. The molecule has 0 saturated carbocycles. The van der Waals surface area contributed by atoms with Gasteiger partial charge in [-0.1, -0.05) is 46.4 Å².